The zero-order valence-corrected chi connectivity index (χ0v) is 12.7. The second kappa shape index (κ2) is 5.13. The maximum atomic E-state index is 13.6. The summed E-state index contributed by atoms with van der Waals surface area (Å²) in [5.41, 5.74) is -0.613. The van der Waals surface area contributed by atoms with Gasteiger partial charge in [-0.15, -0.1) is 0 Å². The number of benzene rings is 2. The van der Waals surface area contributed by atoms with Crippen LogP contribution >= 0.6 is 27.5 Å². The molecular weight excluding hydrogens is 363 g/mol. The molecule has 0 atom stereocenters. The van der Waals surface area contributed by atoms with Gasteiger partial charge in [0, 0.05) is 0 Å². The molecule has 3 aromatic rings. The molecule has 7 heteroatoms. The van der Waals surface area contributed by atoms with Crippen molar-refractivity contribution in [1.82, 2.24) is 9.55 Å². The molecule has 0 unspecified atom stereocenters. The molecule has 0 aliphatic heterocycles. The van der Waals surface area contributed by atoms with Crippen LogP contribution in [0.15, 0.2) is 50.5 Å². The number of para-hydroxylation sites is 1. The number of aromatic amines is 1. The monoisotopic (exact) mass is 368 g/mol. The highest BCUT2D eigenvalue weighted by molar-refractivity contribution is 9.10. The summed E-state index contributed by atoms with van der Waals surface area (Å²) < 4.78 is 15.0. The van der Waals surface area contributed by atoms with E-state index < -0.39 is 17.1 Å². The highest BCUT2D eigenvalue weighted by atomic mass is 79.9. The molecule has 1 N–H and O–H groups in total. The molecule has 1 aromatic heterocycles. The van der Waals surface area contributed by atoms with Crippen LogP contribution in [-0.4, -0.2) is 9.55 Å². The van der Waals surface area contributed by atoms with E-state index in [1.807, 2.05) is 0 Å². The third-order valence-corrected chi connectivity index (χ3v) is 3.97. The molecule has 1 heterocycles. The van der Waals surface area contributed by atoms with E-state index in [9.17, 15) is 14.0 Å². The molecular formula is C14H7BrClFN2O2. The standard InChI is InChI=1S/C14H7BrClFN2O2/c15-8-6-12-7(5-10(8)17)13(20)18-14(21)19(12)11-4-2-1-3-9(11)16/h1-6H,(H,18,20,21). The lowest BCUT2D eigenvalue weighted by atomic mass is 10.2. The predicted octanol–water partition coefficient (Wildman–Crippen LogP) is 3.23. The van der Waals surface area contributed by atoms with Crippen molar-refractivity contribution < 1.29 is 4.39 Å². The molecule has 0 aliphatic rings. The molecule has 4 nitrogen and oxygen atoms in total. The van der Waals surface area contributed by atoms with Gasteiger partial charge in [-0.2, -0.15) is 0 Å². The van der Waals surface area contributed by atoms with Gasteiger partial charge in [0.1, 0.15) is 5.82 Å². The Bertz CT molecular complexity index is 981. The van der Waals surface area contributed by atoms with Crippen LogP contribution < -0.4 is 11.2 Å². The summed E-state index contributed by atoms with van der Waals surface area (Å²) in [5.74, 6) is -0.586. The largest absolute Gasteiger partial charge is 0.333 e. The average Bonchev–Trinajstić information content (AvgIpc) is 2.43. The molecule has 0 spiro atoms. The zero-order chi connectivity index (χ0) is 15.1. The van der Waals surface area contributed by atoms with E-state index in [2.05, 4.69) is 20.9 Å². The van der Waals surface area contributed by atoms with Gasteiger partial charge in [-0.25, -0.2) is 9.18 Å². The fourth-order valence-electron chi connectivity index (χ4n) is 2.11. The minimum absolute atomic E-state index is 0.0650. The minimum Gasteiger partial charge on any atom is -0.273 e. The van der Waals surface area contributed by atoms with Crippen molar-refractivity contribution in [2.75, 3.05) is 0 Å². The molecule has 0 radical (unpaired) electrons. The van der Waals surface area contributed by atoms with Crippen molar-refractivity contribution in [1.29, 1.82) is 0 Å². The Morgan fingerprint density at radius 1 is 1.19 bits per heavy atom. The van der Waals surface area contributed by atoms with Gasteiger partial charge in [0.25, 0.3) is 5.56 Å². The van der Waals surface area contributed by atoms with Crippen molar-refractivity contribution >= 4 is 38.4 Å². The number of nitrogens with one attached hydrogen (secondary N) is 1. The third kappa shape index (κ3) is 2.30. The normalized spacial score (nSPS) is 11.0. The smallest absolute Gasteiger partial charge is 0.273 e. The van der Waals surface area contributed by atoms with Gasteiger partial charge >= 0.3 is 5.69 Å². The van der Waals surface area contributed by atoms with E-state index in [4.69, 9.17) is 11.6 Å². The Balaban J connectivity index is 2.54. The molecule has 21 heavy (non-hydrogen) atoms. The van der Waals surface area contributed by atoms with Crippen LogP contribution in [0.5, 0.6) is 0 Å². The van der Waals surface area contributed by atoms with Crippen LogP contribution in [0.1, 0.15) is 0 Å². The summed E-state index contributed by atoms with van der Waals surface area (Å²) in [7, 11) is 0. The predicted molar refractivity (Wildman–Crippen MR) is 82.8 cm³/mol. The summed E-state index contributed by atoms with van der Waals surface area (Å²) in [6.07, 6.45) is 0. The Labute approximate surface area is 130 Å². The van der Waals surface area contributed by atoms with Crippen LogP contribution in [0.25, 0.3) is 16.6 Å². The lowest BCUT2D eigenvalue weighted by Gasteiger charge is -2.11. The zero-order valence-electron chi connectivity index (χ0n) is 10.4. The van der Waals surface area contributed by atoms with Crippen molar-refractivity contribution in [3.8, 4) is 5.69 Å². The quantitative estimate of drug-likeness (QED) is 0.716. The third-order valence-electron chi connectivity index (χ3n) is 3.04. The van der Waals surface area contributed by atoms with Gasteiger partial charge in [-0.05, 0) is 40.2 Å². The molecule has 3 rings (SSSR count). The first kappa shape index (κ1) is 14.0. The molecule has 0 saturated carbocycles. The Morgan fingerprint density at radius 2 is 1.90 bits per heavy atom. The van der Waals surface area contributed by atoms with E-state index in [0.717, 1.165) is 6.07 Å². The number of fused-ring (bicyclic) bond motifs is 1. The fraction of sp³-hybridized carbons (Fsp3) is 0. The van der Waals surface area contributed by atoms with Gasteiger partial charge < -0.3 is 0 Å². The summed E-state index contributed by atoms with van der Waals surface area (Å²) in [6.45, 7) is 0. The van der Waals surface area contributed by atoms with Crippen molar-refractivity contribution in [2.45, 2.75) is 0 Å². The van der Waals surface area contributed by atoms with Gasteiger partial charge in [-0.1, -0.05) is 23.7 Å². The van der Waals surface area contributed by atoms with E-state index >= 15 is 0 Å². The first-order chi connectivity index (χ1) is 9.99. The summed E-state index contributed by atoms with van der Waals surface area (Å²) in [5, 5.41) is 0.406. The number of hydrogen-bond donors (Lipinski definition) is 1. The van der Waals surface area contributed by atoms with Crippen LogP contribution in [0.3, 0.4) is 0 Å². The maximum Gasteiger partial charge on any atom is 0.333 e. The number of halogens is 3. The number of H-pyrrole nitrogens is 1. The fourth-order valence-corrected chi connectivity index (χ4v) is 2.66. The second-order valence-electron chi connectivity index (χ2n) is 4.33. The van der Waals surface area contributed by atoms with Crippen molar-refractivity contribution in [3.63, 3.8) is 0 Å². The van der Waals surface area contributed by atoms with E-state index in [0.29, 0.717) is 10.7 Å². The first-order valence-corrected chi connectivity index (χ1v) is 7.05. The van der Waals surface area contributed by atoms with Crippen LogP contribution in [0.4, 0.5) is 4.39 Å². The van der Waals surface area contributed by atoms with E-state index in [1.165, 1.54) is 10.6 Å². The highest BCUT2D eigenvalue weighted by Crippen LogP contribution is 2.25. The van der Waals surface area contributed by atoms with Gasteiger partial charge in [0.15, 0.2) is 0 Å². The summed E-state index contributed by atoms with van der Waals surface area (Å²) in [6, 6.07) is 9.15. The topological polar surface area (TPSA) is 54.9 Å². The Kier molecular flexibility index (Phi) is 3.43. The van der Waals surface area contributed by atoms with Gasteiger partial charge in [0.05, 0.1) is 26.1 Å². The number of rotatable bonds is 1. The molecule has 0 saturated heterocycles. The molecule has 0 fully saturated rings. The van der Waals surface area contributed by atoms with Crippen molar-refractivity contribution in [3.05, 3.63) is 72.5 Å². The number of nitrogens with zero attached hydrogens (tertiary/aromatic N) is 1. The molecule has 106 valence electrons. The Hall–Kier alpha value is -1.92. The number of aromatic nitrogens is 2. The van der Waals surface area contributed by atoms with E-state index in [-0.39, 0.29) is 15.4 Å². The van der Waals surface area contributed by atoms with Crippen LogP contribution in [0.2, 0.25) is 5.02 Å². The van der Waals surface area contributed by atoms with Crippen LogP contribution in [-0.2, 0) is 0 Å². The average molecular weight is 370 g/mol. The SMILES string of the molecule is O=c1[nH]c(=O)n(-c2ccccc2Cl)c2cc(Br)c(F)cc12. The highest BCUT2D eigenvalue weighted by Gasteiger charge is 2.14. The summed E-state index contributed by atoms with van der Waals surface area (Å²) in [4.78, 5) is 26.2. The summed E-state index contributed by atoms with van der Waals surface area (Å²) >= 11 is 9.16. The molecule has 2 aromatic carbocycles. The van der Waals surface area contributed by atoms with Crippen molar-refractivity contribution in [2.24, 2.45) is 0 Å². The minimum atomic E-state index is -0.648. The molecule has 0 aliphatic carbocycles. The first-order valence-electron chi connectivity index (χ1n) is 5.88. The molecule has 0 amide bonds. The lowest BCUT2D eigenvalue weighted by molar-refractivity contribution is 0.622. The number of hydrogen-bond acceptors (Lipinski definition) is 2. The van der Waals surface area contributed by atoms with Gasteiger partial charge in [-0.3, -0.25) is 14.3 Å². The lowest BCUT2D eigenvalue weighted by Crippen LogP contribution is -2.29. The molecule has 0 bridgehead atoms. The van der Waals surface area contributed by atoms with Gasteiger partial charge in [0.2, 0.25) is 0 Å². The van der Waals surface area contributed by atoms with E-state index in [1.54, 1.807) is 24.3 Å². The second-order valence-corrected chi connectivity index (χ2v) is 5.59. The maximum absolute atomic E-state index is 13.6. The van der Waals surface area contributed by atoms with Crippen LogP contribution in [0, 0.1) is 5.82 Å². The Morgan fingerprint density at radius 3 is 2.62 bits per heavy atom.